The van der Waals surface area contributed by atoms with Gasteiger partial charge in [-0.05, 0) is 67.7 Å². The van der Waals surface area contributed by atoms with Crippen molar-refractivity contribution in [1.82, 2.24) is 0 Å². The second-order valence-electron chi connectivity index (χ2n) is 6.43. The Morgan fingerprint density at radius 2 is 1.72 bits per heavy atom. The zero-order valence-corrected chi connectivity index (χ0v) is 12.1. The summed E-state index contributed by atoms with van der Waals surface area (Å²) in [5.41, 5.74) is 10.9. The van der Waals surface area contributed by atoms with Gasteiger partial charge in [0.25, 0.3) is 0 Å². The normalized spacial score (nSPS) is 28.3. The third-order valence-corrected chi connectivity index (χ3v) is 4.96. The summed E-state index contributed by atoms with van der Waals surface area (Å²) in [5, 5.41) is 0. The Morgan fingerprint density at radius 1 is 1.17 bits per heavy atom. The van der Waals surface area contributed by atoms with E-state index in [1.54, 1.807) is 0 Å². The van der Waals surface area contributed by atoms with Gasteiger partial charge in [0.2, 0.25) is 0 Å². The average molecular weight is 245 g/mol. The molecular formula is C17H27N. The Labute approximate surface area is 112 Å². The maximum Gasteiger partial charge on any atom is -0.00173 e. The molecule has 2 rings (SSSR count). The fraction of sp³-hybridized carbons (Fsp3) is 0.647. The van der Waals surface area contributed by atoms with E-state index >= 15 is 0 Å². The fourth-order valence-corrected chi connectivity index (χ4v) is 3.33. The van der Waals surface area contributed by atoms with E-state index in [0.29, 0.717) is 5.41 Å². The molecule has 1 heteroatoms. The van der Waals surface area contributed by atoms with Crippen molar-refractivity contribution in [3.05, 3.63) is 34.9 Å². The van der Waals surface area contributed by atoms with Gasteiger partial charge in [0.1, 0.15) is 0 Å². The van der Waals surface area contributed by atoms with Gasteiger partial charge in [-0.15, -0.1) is 0 Å². The molecular weight excluding hydrogens is 218 g/mol. The molecule has 1 nitrogen and oxygen atoms in total. The molecule has 0 saturated heterocycles. The van der Waals surface area contributed by atoms with E-state index in [1.165, 1.54) is 48.8 Å². The molecule has 1 saturated carbocycles. The first kappa shape index (κ1) is 13.6. The van der Waals surface area contributed by atoms with Gasteiger partial charge in [0.15, 0.2) is 0 Å². The van der Waals surface area contributed by atoms with Crippen LogP contribution < -0.4 is 5.73 Å². The molecule has 0 amide bonds. The molecule has 0 radical (unpaired) electrons. The topological polar surface area (TPSA) is 26.0 Å². The summed E-state index contributed by atoms with van der Waals surface area (Å²) in [5.74, 6) is 0.891. The maximum absolute atomic E-state index is 6.13. The van der Waals surface area contributed by atoms with Crippen molar-refractivity contribution in [3.8, 4) is 0 Å². The minimum absolute atomic E-state index is 0.364. The van der Waals surface area contributed by atoms with Crippen LogP contribution in [0.4, 0.5) is 0 Å². The van der Waals surface area contributed by atoms with Crippen molar-refractivity contribution in [3.63, 3.8) is 0 Å². The molecule has 100 valence electrons. The number of aryl methyl sites for hydroxylation is 2. The van der Waals surface area contributed by atoms with E-state index in [1.807, 2.05) is 0 Å². The maximum atomic E-state index is 6.13. The molecule has 0 aromatic heterocycles. The van der Waals surface area contributed by atoms with Crippen molar-refractivity contribution in [2.24, 2.45) is 17.1 Å². The van der Waals surface area contributed by atoms with E-state index in [2.05, 4.69) is 39.0 Å². The molecule has 0 atom stereocenters. The minimum atomic E-state index is 0.364. The molecule has 1 aliphatic rings. The zero-order valence-electron chi connectivity index (χ0n) is 12.1. The molecule has 0 unspecified atom stereocenters. The van der Waals surface area contributed by atoms with Crippen LogP contribution in [0.1, 0.15) is 49.3 Å². The van der Waals surface area contributed by atoms with Gasteiger partial charge in [-0.3, -0.25) is 0 Å². The molecule has 1 aromatic rings. The third kappa shape index (κ3) is 2.77. The van der Waals surface area contributed by atoms with Crippen LogP contribution in [-0.4, -0.2) is 6.54 Å². The fourth-order valence-electron chi connectivity index (χ4n) is 3.33. The number of rotatable bonds is 3. The molecule has 18 heavy (non-hydrogen) atoms. The molecule has 0 heterocycles. The van der Waals surface area contributed by atoms with Crippen LogP contribution in [-0.2, 0) is 6.42 Å². The first-order chi connectivity index (χ1) is 8.56. The highest BCUT2D eigenvalue weighted by Gasteiger charge is 2.33. The molecule has 0 spiro atoms. The second kappa shape index (κ2) is 5.44. The quantitative estimate of drug-likeness (QED) is 0.855. The Morgan fingerprint density at radius 3 is 2.22 bits per heavy atom. The molecule has 1 aliphatic carbocycles. The Kier molecular flexibility index (Phi) is 4.11. The van der Waals surface area contributed by atoms with Crippen LogP contribution in [0.3, 0.4) is 0 Å². The summed E-state index contributed by atoms with van der Waals surface area (Å²) >= 11 is 0. The smallest absolute Gasteiger partial charge is 0.00173 e. The molecule has 2 N–H and O–H groups in total. The number of hydrogen-bond donors (Lipinski definition) is 1. The third-order valence-electron chi connectivity index (χ3n) is 4.96. The van der Waals surface area contributed by atoms with Gasteiger partial charge < -0.3 is 5.73 Å². The van der Waals surface area contributed by atoms with Crippen LogP contribution in [0, 0.1) is 25.2 Å². The molecule has 1 aromatic carbocycles. The average Bonchev–Trinajstić information content (AvgIpc) is 2.37. The number of nitrogens with two attached hydrogens (primary N) is 1. The number of hydrogen-bond acceptors (Lipinski definition) is 1. The van der Waals surface area contributed by atoms with Crippen molar-refractivity contribution in [1.29, 1.82) is 0 Å². The van der Waals surface area contributed by atoms with Crippen LogP contribution in [0.25, 0.3) is 0 Å². The van der Waals surface area contributed by atoms with E-state index in [0.717, 1.165) is 12.5 Å². The first-order valence-electron chi connectivity index (χ1n) is 7.31. The highest BCUT2D eigenvalue weighted by molar-refractivity contribution is 5.34. The van der Waals surface area contributed by atoms with E-state index in [-0.39, 0.29) is 0 Å². The van der Waals surface area contributed by atoms with Gasteiger partial charge in [-0.2, -0.15) is 0 Å². The Hall–Kier alpha value is -0.820. The lowest BCUT2D eigenvalue weighted by Crippen LogP contribution is -2.36. The van der Waals surface area contributed by atoms with Crippen molar-refractivity contribution < 1.29 is 0 Å². The summed E-state index contributed by atoms with van der Waals surface area (Å²) in [6, 6.07) is 6.63. The summed E-state index contributed by atoms with van der Waals surface area (Å²) in [6.45, 7) is 7.68. The predicted molar refractivity (Wildman–Crippen MR) is 78.7 cm³/mol. The van der Waals surface area contributed by atoms with Crippen LogP contribution in [0.5, 0.6) is 0 Å². The molecule has 0 bridgehead atoms. The lowest BCUT2D eigenvalue weighted by Gasteiger charge is -2.39. The van der Waals surface area contributed by atoms with Gasteiger partial charge in [0, 0.05) is 0 Å². The molecule has 0 aliphatic heterocycles. The monoisotopic (exact) mass is 245 g/mol. The standard InChI is InChI=1S/C17H27N/c1-13-7-9-17(12-18,10-8-13)11-16-14(2)5-4-6-15(16)3/h4-6,13H,7-12,18H2,1-3H3. The predicted octanol–water partition coefficient (Wildman–Crippen LogP) is 4.00. The Bertz CT molecular complexity index is 380. The van der Waals surface area contributed by atoms with E-state index < -0.39 is 0 Å². The zero-order chi connectivity index (χ0) is 13.2. The van der Waals surface area contributed by atoms with Crippen molar-refractivity contribution in [2.75, 3.05) is 6.54 Å². The van der Waals surface area contributed by atoms with Crippen molar-refractivity contribution >= 4 is 0 Å². The highest BCUT2D eigenvalue weighted by atomic mass is 14.6. The van der Waals surface area contributed by atoms with E-state index in [4.69, 9.17) is 5.73 Å². The van der Waals surface area contributed by atoms with Gasteiger partial charge >= 0.3 is 0 Å². The molecule has 1 fully saturated rings. The van der Waals surface area contributed by atoms with Crippen LogP contribution in [0.2, 0.25) is 0 Å². The van der Waals surface area contributed by atoms with Crippen LogP contribution in [0.15, 0.2) is 18.2 Å². The van der Waals surface area contributed by atoms with Gasteiger partial charge in [-0.1, -0.05) is 38.0 Å². The Balaban J connectivity index is 2.20. The summed E-state index contributed by atoms with van der Waals surface area (Å²) in [7, 11) is 0. The summed E-state index contributed by atoms with van der Waals surface area (Å²) < 4.78 is 0. The van der Waals surface area contributed by atoms with Gasteiger partial charge in [-0.25, -0.2) is 0 Å². The largest absolute Gasteiger partial charge is 0.330 e. The lowest BCUT2D eigenvalue weighted by atomic mass is 9.67. The SMILES string of the molecule is Cc1cccc(C)c1CC1(CN)CCC(C)CC1. The van der Waals surface area contributed by atoms with Gasteiger partial charge in [0.05, 0.1) is 0 Å². The first-order valence-corrected chi connectivity index (χ1v) is 7.31. The summed E-state index contributed by atoms with van der Waals surface area (Å²) in [4.78, 5) is 0. The number of benzene rings is 1. The van der Waals surface area contributed by atoms with Crippen LogP contribution >= 0.6 is 0 Å². The minimum Gasteiger partial charge on any atom is -0.330 e. The highest BCUT2D eigenvalue weighted by Crippen LogP contribution is 2.41. The second-order valence-corrected chi connectivity index (χ2v) is 6.43. The van der Waals surface area contributed by atoms with Crippen molar-refractivity contribution in [2.45, 2.75) is 52.9 Å². The van der Waals surface area contributed by atoms with E-state index in [9.17, 15) is 0 Å². The summed E-state index contributed by atoms with van der Waals surface area (Å²) in [6.07, 6.45) is 6.48. The lowest BCUT2D eigenvalue weighted by molar-refractivity contribution is 0.163.